The average molecular weight is 429 g/mol. The molecule has 28 heavy (non-hydrogen) atoms. The lowest BCUT2D eigenvalue weighted by Crippen LogP contribution is -2.39. The van der Waals surface area contributed by atoms with Gasteiger partial charge in [-0.15, -0.1) is 34.4 Å². The molecule has 1 aliphatic heterocycles. The van der Waals surface area contributed by atoms with Crippen molar-refractivity contribution >= 4 is 51.9 Å². The van der Waals surface area contributed by atoms with Crippen molar-refractivity contribution in [3.8, 4) is 0 Å². The Morgan fingerprint density at radius 1 is 0.964 bits per heavy atom. The maximum Gasteiger partial charge on any atom is 0.237 e. The smallest absolute Gasteiger partial charge is 0.237 e. The Morgan fingerprint density at radius 2 is 1.64 bits per heavy atom. The summed E-state index contributed by atoms with van der Waals surface area (Å²) in [5.41, 5.74) is 0.916. The monoisotopic (exact) mass is 428 g/mol. The van der Waals surface area contributed by atoms with Crippen LogP contribution in [0, 0.1) is 0 Å². The zero-order valence-electron chi connectivity index (χ0n) is 15.2. The molecule has 0 spiro atoms. The van der Waals surface area contributed by atoms with Gasteiger partial charge in [-0.25, -0.2) is 0 Å². The number of carbonyl (C=O) groups excluding carboxylic acids is 2. The highest BCUT2D eigenvalue weighted by molar-refractivity contribution is 8.00. The van der Waals surface area contributed by atoms with Gasteiger partial charge in [-0.1, -0.05) is 24.3 Å². The van der Waals surface area contributed by atoms with Gasteiger partial charge in [0.1, 0.15) is 0 Å². The molecule has 4 rings (SSSR count). The minimum Gasteiger partial charge on any atom is -0.332 e. The lowest BCUT2D eigenvalue weighted by atomic mass is 10.2. The summed E-state index contributed by atoms with van der Waals surface area (Å²) in [5, 5.41) is 4.06. The van der Waals surface area contributed by atoms with E-state index < -0.39 is 0 Å². The van der Waals surface area contributed by atoms with Crippen LogP contribution < -0.4 is 4.90 Å². The average Bonchev–Trinajstić information content (AvgIpc) is 3.41. The summed E-state index contributed by atoms with van der Waals surface area (Å²) in [7, 11) is 0. The Bertz CT molecular complexity index is 902. The van der Waals surface area contributed by atoms with E-state index in [0.717, 1.165) is 10.6 Å². The second kappa shape index (κ2) is 8.94. The van der Waals surface area contributed by atoms with Gasteiger partial charge < -0.3 is 9.80 Å². The number of thioether (sulfide) groups is 1. The summed E-state index contributed by atoms with van der Waals surface area (Å²) in [6.07, 6.45) is 0.321. The zero-order valence-corrected chi connectivity index (χ0v) is 17.7. The van der Waals surface area contributed by atoms with Crippen LogP contribution in [0.4, 0.5) is 5.69 Å². The van der Waals surface area contributed by atoms with Crippen molar-refractivity contribution in [1.82, 2.24) is 4.90 Å². The van der Waals surface area contributed by atoms with Crippen LogP contribution in [0.15, 0.2) is 64.2 Å². The molecule has 3 aromatic rings. The van der Waals surface area contributed by atoms with Crippen LogP contribution >= 0.6 is 34.4 Å². The minimum absolute atomic E-state index is 0.0690. The van der Waals surface area contributed by atoms with Gasteiger partial charge in [0, 0.05) is 27.6 Å². The van der Waals surface area contributed by atoms with Crippen molar-refractivity contribution in [2.24, 2.45) is 0 Å². The van der Waals surface area contributed by atoms with Gasteiger partial charge in [-0.2, -0.15) is 0 Å². The Kier molecular flexibility index (Phi) is 6.14. The molecule has 0 bridgehead atoms. The predicted octanol–water partition coefficient (Wildman–Crippen LogP) is 4.87. The van der Waals surface area contributed by atoms with E-state index in [0.29, 0.717) is 31.8 Å². The van der Waals surface area contributed by atoms with E-state index >= 15 is 0 Å². The third kappa shape index (κ3) is 4.48. The van der Waals surface area contributed by atoms with Gasteiger partial charge >= 0.3 is 0 Å². The fourth-order valence-electron chi connectivity index (χ4n) is 3.18. The number of anilines is 1. The molecule has 144 valence electrons. The van der Waals surface area contributed by atoms with E-state index in [1.165, 1.54) is 9.75 Å². The molecule has 2 amide bonds. The topological polar surface area (TPSA) is 40.6 Å². The first-order chi connectivity index (χ1) is 13.7. The normalized spacial score (nSPS) is 13.4. The van der Waals surface area contributed by atoms with E-state index in [2.05, 4.69) is 12.1 Å². The molecular formula is C21H20N2O2S3. The van der Waals surface area contributed by atoms with E-state index in [1.807, 2.05) is 52.1 Å². The third-order valence-electron chi connectivity index (χ3n) is 4.56. The van der Waals surface area contributed by atoms with Crippen LogP contribution in [0.3, 0.4) is 0 Å². The summed E-state index contributed by atoms with van der Waals surface area (Å²) < 4.78 is 0. The van der Waals surface area contributed by atoms with Crippen molar-refractivity contribution in [3.63, 3.8) is 0 Å². The van der Waals surface area contributed by atoms with Crippen LogP contribution in [-0.4, -0.2) is 29.0 Å². The second-order valence-corrected chi connectivity index (χ2v) is 9.54. The molecular weight excluding hydrogens is 408 g/mol. The molecule has 1 aromatic carbocycles. The zero-order chi connectivity index (χ0) is 19.3. The first-order valence-electron chi connectivity index (χ1n) is 9.05. The number of para-hydroxylation sites is 1. The van der Waals surface area contributed by atoms with E-state index in [-0.39, 0.29) is 11.8 Å². The lowest BCUT2D eigenvalue weighted by molar-refractivity contribution is -0.132. The van der Waals surface area contributed by atoms with Gasteiger partial charge in [0.25, 0.3) is 0 Å². The molecule has 0 radical (unpaired) electrons. The van der Waals surface area contributed by atoms with Crippen molar-refractivity contribution < 1.29 is 9.59 Å². The van der Waals surface area contributed by atoms with Gasteiger partial charge in [-0.3, -0.25) is 9.59 Å². The standard InChI is InChI=1S/C21H20N2O2S3/c24-20(9-10-23-18-7-1-2-8-19(18)28-15-21(23)25)22(13-16-5-3-11-26-16)14-17-6-4-12-27-17/h1-8,11-12H,9-10,13-15H2. The molecule has 4 nitrogen and oxygen atoms in total. The quantitative estimate of drug-likeness (QED) is 0.539. The van der Waals surface area contributed by atoms with Gasteiger partial charge in [0.05, 0.1) is 24.5 Å². The largest absolute Gasteiger partial charge is 0.332 e. The molecule has 0 aliphatic carbocycles. The number of hydrogen-bond acceptors (Lipinski definition) is 5. The number of nitrogens with zero attached hydrogens (tertiary/aromatic N) is 2. The van der Waals surface area contributed by atoms with Gasteiger partial charge in [0.2, 0.25) is 11.8 Å². The first-order valence-corrected chi connectivity index (χ1v) is 11.8. The highest BCUT2D eigenvalue weighted by Crippen LogP contribution is 2.35. The number of rotatable bonds is 7. The summed E-state index contributed by atoms with van der Waals surface area (Å²) >= 11 is 4.88. The lowest BCUT2D eigenvalue weighted by Gasteiger charge is -2.30. The van der Waals surface area contributed by atoms with Crippen LogP contribution in [-0.2, 0) is 22.7 Å². The molecule has 0 saturated carbocycles. The molecule has 3 heterocycles. The maximum atomic E-state index is 13.0. The molecule has 0 unspecified atom stereocenters. The third-order valence-corrected chi connectivity index (χ3v) is 7.33. The fraction of sp³-hybridized carbons (Fsp3) is 0.238. The van der Waals surface area contributed by atoms with E-state index in [9.17, 15) is 9.59 Å². The number of benzene rings is 1. The molecule has 0 saturated heterocycles. The number of thiophene rings is 2. The van der Waals surface area contributed by atoms with Crippen LogP contribution in [0.25, 0.3) is 0 Å². The predicted molar refractivity (Wildman–Crippen MR) is 117 cm³/mol. The number of fused-ring (bicyclic) bond motifs is 1. The summed E-state index contributed by atoms with van der Waals surface area (Å²) in [6.45, 7) is 1.63. The van der Waals surface area contributed by atoms with Crippen LogP contribution in [0.5, 0.6) is 0 Å². The maximum absolute atomic E-state index is 13.0. The van der Waals surface area contributed by atoms with Crippen molar-refractivity contribution in [2.45, 2.75) is 24.4 Å². The number of carbonyl (C=O) groups is 2. The van der Waals surface area contributed by atoms with Crippen molar-refractivity contribution in [3.05, 3.63) is 69.0 Å². The number of amides is 2. The Balaban J connectivity index is 1.46. The van der Waals surface area contributed by atoms with E-state index in [1.54, 1.807) is 39.3 Å². The number of hydrogen-bond donors (Lipinski definition) is 0. The van der Waals surface area contributed by atoms with Crippen molar-refractivity contribution in [2.75, 3.05) is 17.2 Å². The van der Waals surface area contributed by atoms with Crippen LogP contribution in [0.1, 0.15) is 16.2 Å². The molecule has 0 atom stereocenters. The molecule has 0 fully saturated rings. The SMILES string of the molecule is O=C(CCN1C(=O)CSc2ccccc21)N(Cc1cccs1)Cc1cccs1. The Hall–Kier alpha value is -2.09. The molecule has 2 aromatic heterocycles. The Labute approximate surface area is 176 Å². The molecule has 1 aliphatic rings. The van der Waals surface area contributed by atoms with Crippen molar-refractivity contribution in [1.29, 1.82) is 0 Å². The summed E-state index contributed by atoms with van der Waals surface area (Å²) in [4.78, 5) is 32.6. The van der Waals surface area contributed by atoms with Gasteiger partial charge in [0.15, 0.2) is 0 Å². The van der Waals surface area contributed by atoms with E-state index in [4.69, 9.17) is 0 Å². The highest BCUT2D eigenvalue weighted by Gasteiger charge is 2.25. The summed E-state index contributed by atoms with van der Waals surface area (Å²) in [6, 6.07) is 16.0. The van der Waals surface area contributed by atoms with Crippen LogP contribution in [0.2, 0.25) is 0 Å². The Morgan fingerprint density at radius 3 is 2.29 bits per heavy atom. The minimum atomic E-state index is 0.0690. The molecule has 0 N–H and O–H groups in total. The second-order valence-electron chi connectivity index (χ2n) is 6.46. The first kappa shape index (κ1) is 19.2. The molecule has 7 heteroatoms. The fourth-order valence-corrected chi connectivity index (χ4v) is 5.55. The summed E-state index contributed by atoms with van der Waals surface area (Å²) in [5.74, 6) is 0.573. The highest BCUT2D eigenvalue weighted by atomic mass is 32.2. The van der Waals surface area contributed by atoms with Gasteiger partial charge in [-0.05, 0) is 35.0 Å².